The fraction of sp³-hybridized carbons (Fsp3) is 0.179. The van der Waals surface area contributed by atoms with E-state index in [2.05, 4.69) is 32.1 Å². The van der Waals surface area contributed by atoms with Crippen LogP contribution < -0.4 is 10.2 Å². The molecule has 1 unspecified atom stereocenters. The van der Waals surface area contributed by atoms with Crippen LogP contribution in [0.1, 0.15) is 6.92 Å². The summed E-state index contributed by atoms with van der Waals surface area (Å²) in [5, 5.41) is 5.09. The highest BCUT2D eigenvalue weighted by molar-refractivity contribution is 6.33. The van der Waals surface area contributed by atoms with E-state index in [1.807, 2.05) is 79.1 Å². The van der Waals surface area contributed by atoms with Crippen LogP contribution in [0, 0.1) is 0 Å². The van der Waals surface area contributed by atoms with Crippen molar-refractivity contribution in [2.24, 2.45) is 0 Å². The van der Waals surface area contributed by atoms with Crippen LogP contribution in [0.5, 0.6) is 0 Å². The summed E-state index contributed by atoms with van der Waals surface area (Å²) in [7, 11) is 0. The van der Waals surface area contributed by atoms with Crippen molar-refractivity contribution in [2.75, 3.05) is 29.9 Å². The number of nitrogens with zero attached hydrogens (tertiary/aromatic N) is 4. The summed E-state index contributed by atoms with van der Waals surface area (Å²) in [6.07, 6.45) is 3.88. The number of morpholine rings is 1. The molecule has 6 rings (SSSR count). The van der Waals surface area contributed by atoms with Gasteiger partial charge in [0.2, 0.25) is 5.95 Å². The molecule has 0 bridgehead atoms. The van der Waals surface area contributed by atoms with Crippen LogP contribution in [0.2, 0.25) is 5.02 Å². The first-order valence-corrected chi connectivity index (χ1v) is 12.3. The van der Waals surface area contributed by atoms with E-state index >= 15 is 0 Å². The van der Waals surface area contributed by atoms with Crippen molar-refractivity contribution < 1.29 is 4.74 Å². The molecule has 1 aliphatic heterocycles. The molecule has 3 heterocycles. The summed E-state index contributed by atoms with van der Waals surface area (Å²) in [5.74, 6) is 1.45. The molecular formula is C28H25ClN6O. The third kappa shape index (κ3) is 4.51. The first kappa shape index (κ1) is 22.5. The number of aromatic nitrogens is 4. The van der Waals surface area contributed by atoms with Crippen LogP contribution in [0.15, 0.2) is 79.1 Å². The van der Waals surface area contributed by atoms with E-state index in [-0.39, 0.29) is 6.10 Å². The van der Waals surface area contributed by atoms with Crippen LogP contribution in [-0.4, -0.2) is 45.7 Å². The Bertz CT molecular complexity index is 1520. The Labute approximate surface area is 214 Å². The van der Waals surface area contributed by atoms with Crippen molar-refractivity contribution in [1.29, 1.82) is 0 Å². The Hall–Kier alpha value is -3.94. The summed E-state index contributed by atoms with van der Waals surface area (Å²) < 4.78 is 5.65. The number of halogens is 1. The van der Waals surface area contributed by atoms with Gasteiger partial charge >= 0.3 is 0 Å². The molecule has 1 fully saturated rings. The van der Waals surface area contributed by atoms with Gasteiger partial charge in [-0.3, -0.25) is 0 Å². The normalized spacial score (nSPS) is 15.8. The molecule has 8 heteroatoms. The van der Waals surface area contributed by atoms with Gasteiger partial charge in [-0.15, -0.1) is 0 Å². The van der Waals surface area contributed by atoms with Gasteiger partial charge in [-0.25, -0.2) is 15.0 Å². The Balaban J connectivity index is 1.29. The predicted octanol–water partition coefficient (Wildman–Crippen LogP) is 6.31. The molecule has 7 nitrogen and oxygen atoms in total. The number of aromatic amines is 1. The van der Waals surface area contributed by atoms with E-state index in [0.717, 1.165) is 58.1 Å². The van der Waals surface area contributed by atoms with Crippen LogP contribution in [0.25, 0.3) is 33.5 Å². The van der Waals surface area contributed by atoms with Gasteiger partial charge < -0.3 is 19.9 Å². The second kappa shape index (κ2) is 9.60. The predicted molar refractivity (Wildman–Crippen MR) is 145 cm³/mol. The topological polar surface area (TPSA) is 79.0 Å². The third-order valence-electron chi connectivity index (χ3n) is 6.30. The van der Waals surface area contributed by atoms with E-state index in [1.54, 1.807) is 0 Å². The fourth-order valence-electron chi connectivity index (χ4n) is 4.47. The van der Waals surface area contributed by atoms with Crippen molar-refractivity contribution >= 4 is 39.8 Å². The molecule has 0 spiro atoms. The number of ether oxygens (including phenoxy) is 1. The fourth-order valence-corrected chi connectivity index (χ4v) is 4.68. The smallest absolute Gasteiger partial charge is 0.226 e. The lowest BCUT2D eigenvalue weighted by Gasteiger charge is -2.31. The van der Waals surface area contributed by atoms with E-state index in [9.17, 15) is 0 Å². The lowest BCUT2D eigenvalue weighted by atomic mass is 10.1. The molecule has 5 aromatic rings. The summed E-state index contributed by atoms with van der Waals surface area (Å²) in [5.41, 5.74) is 5.54. The average Bonchev–Trinajstić information content (AvgIpc) is 3.40. The second-order valence-corrected chi connectivity index (χ2v) is 9.27. The number of anilines is 3. The van der Waals surface area contributed by atoms with Crippen LogP contribution in [0.4, 0.5) is 17.3 Å². The van der Waals surface area contributed by atoms with E-state index in [4.69, 9.17) is 21.3 Å². The highest BCUT2D eigenvalue weighted by Crippen LogP contribution is 2.33. The van der Waals surface area contributed by atoms with Crippen molar-refractivity contribution in [3.8, 4) is 22.6 Å². The minimum atomic E-state index is 0.170. The van der Waals surface area contributed by atoms with Crippen LogP contribution >= 0.6 is 11.6 Å². The molecule has 36 heavy (non-hydrogen) atoms. The molecular weight excluding hydrogens is 472 g/mol. The highest BCUT2D eigenvalue weighted by Gasteiger charge is 2.19. The maximum atomic E-state index is 6.56. The molecule has 180 valence electrons. The molecule has 2 aromatic heterocycles. The molecule has 0 aliphatic carbocycles. The first-order valence-electron chi connectivity index (χ1n) is 11.9. The summed E-state index contributed by atoms with van der Waals surface area (Å²) in [6, 6.07) is 22.0. The zero-order chi connectivity index (χ0) is 24.5. The highest BCUT2D eigenvalue weighted by atomic mass is 35.5. The van der Waals surface area contributed by atoms with Gasteiger partial charge in [0.1, 0.15) is 5.82 Å². The van der Waals surface area contributed by atoms with Crippen molar-refractivity contribution in [3.05, 3.63) is 84.1 Å². The Morgan fingerprint density at radius 1 is 1.03 bits per heavy atom. The second-order valence-electron chi connectivity index (χ2n) is 8.87. The van der Waals surface area contributed by atoms with Gasteiger partial charge in [-0.05, 0) is 42.8 Å². The Morgan fingerprint density at radius 2 is 1.92 bits per heavy atom. The Morgan fingerprint density at radius 3 is 2.78 bits per heavy atom. The molecule has 2 N–H and O–H groups in total. The van der Waals surface area contributed by atoms with Gasteiger partial charge in [-0.1, -0.05) is 48.0 Å². The minimum absolute atomic E-state index is 0.170. The zero-order valence-electron chi connectivity index (χ0n) is 19.8. The quantitative estimate of drug-likeness (QED) is 0.297. The van der Waals surface area contributed by atoms with Crippen molar-refractivity contribution in [3.63, 3.8) is 0 Å². The molecule has 1 aliphatic rings. The van der Waals surface area contributed by atoms with E-state index in [1.165, 1.54) is 0 Å². The summed E-state index contributed by atoms with van der Waals surface area (Å²) in [4.78, 5) is 19.6. The number of hydrogen-bond donors (Lipinski definition) is 2. The van der Waals surface area contributed by atoms with Gasteiger partial charge in [0.15, 0.2) is 0 Å². The number of imidazole rings is 1. The number of rotatable bonds is 5. The maximum absolute atomic E-state index is 6.56. The molecule has 3 aromatic carbocycles. The Kier molecular flexibility index (Phi) is 6.01. The number of benzene rings is 3. The average molecular weight is 497 g/mol. The number of fused-ring (bicyclic) bond motifs is 1. The van der Waals surface area contributed by atoms with Gasteiger partial charge in [0.25, 0.3) is 0 Å². The SMILES string of the molecule is CC1CN(c2ncc3c(Nc4ccc(Cl)c(-c5ncc(-c6ccccc6)[nH]5)c4)cccc3n2)CCO1. The molecule has 1 saturated heterocycles. The monoisotopic (exact) mass is 496 g/mol. The summed E-state index contributed by atoms with van der Waals surface area (Å²) >= 11 is 6.56. The molecule has 0 radical (unpaired) electrons. The number of H-pyrrole nitrogens is 1. The van der Waals surface area contributed by atoms with E-state index < -0.39 is 0 Å². The molecule has 1 atom stereocenters. The van der Waals surface area contributed by atoms with Gasteiger partial charge in [-0.2, -0.15) is 0 Å². The van der Waals surface area contributed by atoms with Crippen LogP contribution in [0.3, 0.4) is 0 Å². The van der Waals surface area contributed by atoms with Gasteiger partial charge in [0.05, 0.1) is 35.1 Å². The van der Waals surface area contributed by atoms with E-state index in [0.29, 0.717) is 17.5 Å². The zero-order valence-corrected chi connectivity index (χ0v) is 20.5. The minimum Gasteiger partial charge on any atom is -0.375 e. The third-order valence-corrected chi connectivity index (χ3v) is 6.63. The largest absolute Gasteiger partial charge is 0.375 e. The lowest BCUT2D eigenvalue weighted by molar-refractivity contribution is 0.0526. The summed E-state index contributed by atoms with van der Waals surface area (Å²) in [6.45, 7) is 4.34. The van der Waals surface area contributed by atoms with Gasteiger partial charge in [0, 0.05) is 41.6 Å². The van der Waals surface area contributed by atoms with Crippen LogP contribution in [-0.2, 0) is 4.74 Å². The lowest BCUT2D eigenvalue weighted by Crippen LogP contribution is -2.41. The molecule has 0 saturated carbocycles. The number of nitrogens with one attached hydrogen (secondary N) is 2. The maximum Gasteiger partial charge on any atom is 0.226 e. The van der Waals surface area contributed by atoms with Crippen molar-refractivity contribution in [1.82, 2.24) is 19.9 Å². The number of hydrogen-bond acceptors (Lipinski definition) is 6. The standard InChI is InChI=1S/C28H25ClN6O/c1-18-17-35(12-13-36-18)28-31-15-22-24(8-5-9-25(22)34-28)32-20-10-11-23(29)21(14-20)27-30-16-26(33-27)19-6-3-2-4-7-19/h2-11,14-16,18,32H,12-13,17H2,1H3,(H,30,33). The molecule has 0 amide bonds. The van der Waals surface area contributed by atoms with Crippen molar-refractivity contribution in [2.45, 2.75) is 13.0 Å². The first-order chi connectivity index (χ1) is 17.6.